The van der Waals surface area contributed by atoms with Crippen molar-refractivity contribution in [3.8, 4) is 11.5 Å². The van der Waals surface area contributed by atoms with Gasteiger partial charge in [-0.15, -0.1) is 0 Å². The molecule has 1 aliphatic rings. The summed E-state index contributed by atoms with van der Waals surface area (Å²) in [6.07, 6.45) is 3.65. The summed E-state index contributed by atoms with van der Waals surface area (Å²) >= 11 is 0. The van der Waals surface area contributed by atoms with Gasteiger partial charge in [-0.25, -0.2) is 0 Å². The highest BCUT2D eigenvalue weighted by molar-refractivity contribution is 5.31. The van der Waals surface area contributed by atoms with Crippen LogP contribution in [0, 0.1) is 0 Å². The molecule has 0 bridgehead atoms. The molecule has 2 rings (SSSR count). The summed E-state index contributed by atoms with van der Waals surface area (Å²) in [6, 6.07) is 7.48. The zero-order chi connectivity index (χ0) is 11.4. The van der Waals surface area contributed by atoms with E-state index in [1.165, 1.54) is 0 Å². The molecule has 16 heavy (non-hydrogen) atoms. The predicted molar refractivity (Wildman–Crippen MR) is 61.9 cm³/mol. The molecule has 0 heterocycles. The van der Waals surface area contributed by atoms with E-state index in [1.54, 1.807) is 7.11 Å². The molecule has 0 amide bonds. The normalized spacial score (nSPS) is 25.1. The molecule has 1 N–H and O–H groups in total. The topological polar surface area (TPSA) is 38.7 Å². The van der Waals surface area contributed by atoms with Gasteiger partial charge < -0.3 is 14.6 Å². The Morgan fingerprint density at radius 3 is 2.31 bits per heavy atom. The summed E-state index contributed by atoms with van der Waals surface area (Å²) in [5, 5.41) is 9.78. The number of hydrogen-bond donors (Lipinski definition) is 1. The van der Waals surface area contributed by atoms with E-state index in [0.29, 0.717) is 0 Å². The van der Waals surface area contributed by atoms with E-state index in [0.717, 1.165) is 37.2 Å². The fourth-order valence-corrected chi connectivity index (χ4v) is 2.04. The predicted octanol–water partition coefficient (Wildman–Crippen LogP) is 2.38. The molecule has 1 aromatic carbocycles. The maximum absolute atomic E-state index is 9.78. The standard InChI is InChI=1S/C13H18O3/c1-15-10-6-8-11(9-7-10)16-13-5-3-2-4-12(13)14/h6-9,12-14H,2-5H2,1H3/t12-,13?/m1/s1. The van der Waals surface area contributed by atoms with Crippen molar-refractivity contribution in [3.63, 3.8) is 0 Å². The van der Waals surface area contributed by atoms with Gasteiger partial charge in [-0.05, 0) is 43.5 Å². The lowest BCUT2D eigenvalue weighted by Gasteiger charge is -2.28. The van der Waals surface area contributed by atoms with E-state index >= 15 is 0 Å². The van der Waals surface area contributed by atoms with Crippen molar-refractivity contribution >= 4 is 0 Å². The molecule has 2 atom stereocenters. The van der Waals surface area contributed by atoms with Crippen molar-refractivity contribution < 1.29 is 14.6 Å². The van der Waals surface area contributed by atoms with Gasteiger partial charge in [-0.1, -0.05) is 6.42 Å². The van der Waals surface area contributed by atoms with Crippen LogP contribution in [0.25, 0.3) is 0 Å². The summed E-state index contributed by atoms with van der Waals surface area (Å²) in [5.74, 6) is 1.61. The number of aliphatic hydroxyl groups excluding tert-OH is 1. The second-order valence-electron chi connectivity index (χ2n) is 4.18. The van der Waals surface area contributed by atoms with E-state index in [-0.39, 0.29) is 12.2 Å². The highest BCUT2D eigenvalue weighted by Crippen LogP contribution is 2.25. The van der Waals surface area contributed by atoms with Crippen LogP contribution in [0.4, 0.5) is 0 Å². The van der Waals surface area contributed by atoms with Crippen LogP contribution in [0.5, 0.6) is 11.5 Å². The average Bonchev–Trinajstić information content (AvgIpc) is 2.33. The Balaban J connectivity index is 1.96. The first-order chi connectivity index (χ1) is 7.79. The molecule has 1 aliphatic carbocycles. The Morgan fingerprint density at radius 1 is 1.06 bits per heavy atom. The highest BCUT2D eigenvalue weighted by atomic mass is 16.5. The number of aliphatic hydroxyl groups is 1. The van der Waals surface area contributed by atoms with Crippen LogP contribution in [-0.2, 0) is 0 Å². The van der Waals surface area contributed by atoms with E-state index in [9.17, 15) is 5.11 Å². The lowest BCUT2D eigenvalue weighted by Crippen LogP contribution is -2.34. The van der Waals surface area contributed by atoms with E-state index in [2.05, 4.69) is 0 Å². The molecule has 1 unspecified atom stereocenters. The fraction of sp³-hybridized carbons (Fsp3) is 0.538. The summed E-state index contributed by atoms with van der Waals surface area (Å²) in [5.41, 5.74) is 0. The van der Waals surface area contributed by atoms with Crippen molar-refractivity contribution in [3.05, 3.63) is 24.3 Å². The second-order valence-corrected chi connectivity index (χ2v) is 4.18. The smallest absolute Gasteiger partial charge is 0.124 e. The van der Waals surface area contributed by atoms with Crippen LogP contribution >= 0.6 is 0 Å². The average molecular weight is 222 g/mol. The summed E-state index contributed by atoms with van der Waals surface area (Å²) in [6.45, 7) is 0. The minimum Gasteiger partial charge on any atom is -0.497 e. The Labute approximate surface area is 96.0 Å². The molecular weight excluding hydrogens is 204 g/mol. The van der Waals surface area contributed by atoms with Crippen LogP contribution < -0.4 is 9.47 Å². The molecule has 1 aromatic rings. The number of hydrogen-bond acceptors (Lipinski definition) is 3. The lowest BCUT2D eigenvalue weighted by atomic mass is 9.95. The van der Waals surface area contributed by atoms with Crippen LogP contribution in [0.1, 0.15) is 25.7 Å². The number of benzene rings is 1. The van der Waals surface area contributed by atoms with Gasteiger partial charge in [0.1, 0.15) is 17.6 Å². The first kappa shape index (κ1) is 11.3. The maximum atomic E-state index is 9.78. The van der Waals surface area contributed by atoms with Crippen LogP contribution in [0.3, 0.4) is 0 Å². The van der Waals surface area contributed by atoms with E-state index in [4.69, 9.17) is 9.47 Å². The molecule has 1 fully saturated rings. The Kier molecular flexibility index (Phi) is 3.67. The molecule has 0 aromatic heterocycles. The van der Waals surface area contributed by atoms with Crippen molar-refractivity contribution in [2.75, 3.05) is 7.11 Å². The van der Waals surface area contributed by atoms with Gasteiger partial charge in [-0.3, -0.25) is 0 Å². The monoisotopic (exact) mass is 222 g/mol. The zero-order valence-corrected chi connectivity index (χ0v) is 9.56. The molecule has 88 valence electrons. The maximum Gasteiger partial charge on any atom is 0.124 e. The van der Waals surface area contributed by atoms with Crippen LogP contribution in [-0.4, -0.2) is 24.4 Å². The first-order valence-corrected chi connectivity index (χ1v) is 5.78. The molecule has 0 radical (unpaired) electrons. The summed E-state index contributed by atoms with van der Waals surface area (Å²) < 4.78 is 10.8. The largest absolute Gasteiger partial charge is 0.497 e. The number of methoxy groups -OCH3 is 1. The van der Waals surface area contributed by atoms with Gasteiger partial charge >= 0.3 is 0 Å². The number of rotatable bonds is 3. The van der Waals surface area contributed by atoms with Gasteiger partial charge in [-0.2, -0.15) is 0 Å². The van der Waals surface area contributed by atoms with E-state index in [1.807, 2.05) is 24.3 Å². The van der Waals surface area contributed by atoms with Crippen LogP contribution in [0.2, 0.25) is 0 Å². The van der Waals surface area contributed by atoms with Gasteiger partial charge in [0.05, 0.1) is 13.2 Å². The lowest BCUT2D eigenvalue weighted by molar-refractivity contribution is 0.00685. The quantitative estimate of drug-likeness (QED) is 0.853. The minimum atomic E-state index is -0.323. The van der Waals surface area contributed by atoms with Crippen molar-refractivity contribution in [1.82, 2.24) is 0 Å². The third kappa shape index (κ3) is 2.67. The minimum absolute atomic E-state index is 0.0536. The Hall–Kier alpha value is -1.22. The second kappa shape index (κ2) is 5.21. The fourth-order valence-electron chi connectivity index (χ4n) is 2.04. The van der Waals surface area contributed by atoms with Crippen molar-refractivity contribution in [2.24, 2.45) is 0 Å². The molecule has 0 aliphatic heterocycles. The van der Waals surface area contributed by atoms with Gasteiger partial charge in [0.15, 0.2) is 0 Å². The highest BCUT2D eigenvalue weighted by Gasteiger charge is 2.24. The number of ether oxygens (including phenoxy) is 2. The SMILES string of the molecule is COc1ccc(OC2CCCC[C@H]2O)cc1. The van der Waals surface area contributed by atoms with Gasteiger partial charge in [0.2, 0.25) is 0 Å². The molecule has 0 spiro atoms. The third-order valence-electron chi connectivity index (χ3n) is 3.01. The summed E-state index contributed by atoms with van der Waals surface area (Å²) in [4.78, 5) is 0. The molecule has 3 nitrogen and oxygen atoms in total. The summed E-state index contributed by atoms with van der Waals surface area (Å²) in [7, 11) is 1.64. The van der Waals surface area contributed by atoms with Crippen LogP contribution in [0.15, 0.2) is 24.3 Å². The molecule has 3 heteroatoms. The van der Waals surface area contributed by atoms with E-state index < -0.39 is 0 Å². The third-order valence-corrected chi connectivity index (χ3v) is 3.01. The van der Waals surface area contributed by atoms with Gasteiger partial charge in [0.25, 0.3) is 0 Å². The Morgan fingerprint density at radius 2 is 1.69 bits per heavy atom. The molecule has 0 saturated heterocycles. The Bertz CT molecular complexity index is 320. The molecular formula is C13H18O3. The van der Waals surface area contributed by atoms with Crippen molar-refractivity contribution in [2.45, 2.75) is 37.9 Å². The van der Waals surface area contributed by atoms with Crippen molar-refractivity contribution in [1.29, 1.82) is 0 Å². The zero-order valence-electron chi connectivity index (χ0n) is 9.56. The molecule has 1 saturated carbocycles. The van der Waals surface area contributed by atoms with Gasteiger partial charge in [0, 0.05) is 0 Å². The first-order valence-electron chi connectivity index (χ1n) is 5.78.